The number of pyridine rings is 1. The van der Waals surface area contributed by atoms with Crippen molar-refractivity contribution < 1.29 is 28.3 Å². The molecule has 38 heavy (non-hydrogen) atoms. The molecule has 0 saturated carbocycles. The van der Waals surface area contributed by atoms with Gasteiger partial charge in [0.25, 0.3) is 5.91 Å². The molecule has 0 aliphatic rings. The van der Waals surface area contributed by atoms with E-state index in [0.717, 1.165) is 4.88 Å². The molecule has 4 rings (SSSR count). The largest absolute Gasteiger partial charge is 0.484 e. The van der Waals surface area contributed by atoms with E-state index in [1.54, 1.807) is 24.4 Å². The smallest absolute Gasteiger partial charge is 0.254 e. The third kappa shape index (κ3) is 6.01. The van der Waals surface area contributed by atoms with E-state index in [1.165, 1.54) is 29.7 Å². The van der Waals surface area contributed by atoms with Gasteiger partial charge in [0.2, 0.25) is 17.6 Å². The van der Waals surface area contributed by atoms with Crippen molar-refractivity contribution in [2.24, 2.45) is 5.73 Å². The first kappa shape index (κ1) is 26.8. The first-order valence-electron chi connectivity index (χ1n) is 11.6. The Labute approximate surface area is 221 Å². The lowest BCUT2D eigenvalue weighted by molar-refractivity contribution is -0.120. The van der Waals surface area contributed by atoms with Crippen molar-refractivity contribution in [2.75, 3.05) is 6.61 Å². The van der Waals surface area contributed by atoms with Crippen molar-refractivity contribution in [3.05, 3.63) is 64.7 Å². The lowest BCUT2D eigenvalue weighted by Gasteiger charge is -2.13. The van der Waals surface area contributed by atoms with E-state index in [2.05, 4.69) is 24.8 Å². The molecule has 3 aromatic heterocycles. The molecule has 2 amide bonds. The van der Waals surface area contributed by atoms with Crippen LogP contribution in [0.2, 0.25) is 0 Å². The monoisotopic (exact) mass is 540 g/mol. The van der Waals surface area contributed by atoms with E-state index in [0.29, 0.717) is 34.4 Å². The summed E-state index contributed by atoms with van der Waals surface area (Å²) in [4.78, 5) is 32.9. The third-order valence-corrected chi connectivity index (χ3v) is 6.43. The van der Waals surface area contributed by atoms with Crippen LogP contribution in [0, 0.1) is 5.82 Å². The molecule has 0 radical (unpaired) electrons. The van der Waals surface area contributed by atoms with Gasteiger partial charge in [-0.2, -0.15) is 9.36 Å². The van der Waals surface area contributed by atoms with Gasteiger partial charge in [-0.3, -0.25) is 9.59 Å². The molecular formula is C25H25FN6O5S. The molecule has 4 N–H and O–H groups in total. The van der Waals surface area contributed by atoms with Gasteiger partial charge in [0.1, 0.15) is 29.4 Å². The maximum Gasteiger partial charge on any atom is 0.254 e. The number of nitrogens with one attached hydrogen (secondary N) is 1. The Bertz CT molecular complexity index is 1440. The summed E-state index contributed by atoms with van der Waals surface area (Å²) >= 11 is 1.20. The number of ether oxygens (including phenoxy) is 1. The fraction of sp³-hybridized carbons (Fsp3) is 0.280. The molecule has 1 aromatic carbocycles. The Morgan fingerprint density at radius 3 is 2.58 bits per heavy atom. The van der Waals surface area contributed by atoms with Gasteiger partial charge in [0.15, 0.2) is 0 Å². The van der Waals surface area contributed by atoms with E-state index in [9.17, 15) is 14.0 Å². The van der Waals surface area contributed by atoms with Gasteiger partial charge in [-0.15, -0.1) is 0 Å². The number of hydrogen-bond acceptors (Lipinski definition) is 10. The summed E-state index contributed by atoms with van der Waals surface area (Å²) in [5.74, 6) is -1.03. The molecule has 4 aromatic rings. The first-order chi connectivity index (χ1) is 18.2. The van der Waals surface area contributed by atoms with Gasteiger partial charge in [0.05, 0.1) is 28.9 Å². The van der Waals surface area contributed by atoms with Gasteiger partial charge < -0.3 is 25.4 Å². The Balaban J connectivity index is 1.42. The lowest BCUT2D eigenvalue weighted by Crippen LogP contribution is -2.47. The van der Waals surface area contributed by atoms with Crippen molar-refractivity contribution in [1.82, 2.24) is 24.8 Å². The number of aromatic nitrogens is 4. The second kappa shape index (κ2) is 11.4. The summed E-state index contributed by atoms with van der Waals surface area (Å²) in [6, 6.07) is 7.93. The number of carbonyl (C=O) groups is 2. The number of amides is 2. The van der Waals surface area contributed by atoms with Gasteiger partial charge >= 0.3 is 0 Å². The molecule has 198 valence electrons. The zero-order chi connectivity index (χ0) is 27.4. The van der Waals surface area contributed by atoms with E-state index in [-0.39, 0.29) is 17.6 Å². The highest BCUT2D eigenvalue weighted by Crippen LogP contribution is 2.30. The second-order valence-electron chi connectivity index (χ2n) is 8.67. The van der Waals surface area contributed by atoms with Gasteiger partial charge in [-0.25, -0.2) is 9.37 Å². The maximum atomic E-state index is 14.7. The summed E-state index contributed by atoms with van der Waals surface area (Å²) in [7, 11) is 0. The number of nitrogens with zero attached hydrogens (tertiary/aromatic N) is 4. The van der Waals surface area contributed by atoms with Crippen molar-refractivity contribution in [1.29, 1.82) is 0 Å². The van der Waals surface area contributed by atoms with Gasteiger partial charge in [-0.05, 0) is 48.8 Å². The van der Waals surface area contributed by atoms with Crippen LogP contribution in [0.25, 0.3) is 22.8 Å². The SMILES string of the molecule is CC(C)c1nc(-c2ccc(O[C@H](C)c3cc(-c4ccc(C(=O)N[C@@H](CO)C(N)=O)c(F)c4)ns3)cn2)no1. The number of carbonyl (C=O) groups excluding carboxylic acids is 2. The van der Waals surface area contributed by atoms with Crippen molar-refractivity contribution in [3.8, 4) is 28.5 Å². The fourth-order valence-electron chi connectivity index (χ4n) is 3.34. The molecule has 0 saturated heterocycles. The minimum atomic E-state index is -1.31. The molecule has 0 fully saturated rings. The molecule has 13 heteroatoms. The van der Waals surface area contributed by atoms with E-state index in [1.807, 2.05) is 20.8 Å². The molecule has 0 bridgehead atoms. The van der Waals surface area contributed by atoms with Crippen LogP contribution in [0.15, 0.2) is 47.1 Å². The van der Waals surface area contributed by atoms with Crippen LogP contribution in [-0.2, 0) is 4.79 Å². The Kier molecular flexibility index (Phi) is 8.08. The fourth-order valence-corrected chi connectivity index (χ4v) is 4.06. The quantitative estimate of drug-likeness (QED) is 0.274. The number of hydrogen-bond donors (Lipinski definition) is 3. The second-order valence-corrected chi connectivity index (χ2v) is 9.51. The predicted octanol–water partition coefficient (Wildman–Crippen LogP) is 3.23. The standard InChI is InChI=1S/C25H25FN6O5S/c1-12(2)25-30-23(31-37-25)18-7-5-15(10-28-18)36-13(3)21-9-19(32-38-21)14-4-6-16(17(26)8-14)24(35)29-20(11-33)22(27)34/h4-10,12-13,20,33H,11H2,1-3H3,(H2,27,34)(H,29,35)/t13-,20+/m1/s1. The Morgan fingerprint density at radius 2 is 1.97 bits per heavy atom. The number of rotatable bonds is 10. The average molecular weight is 541 g/mol. The number of benzene rings is 1. The zero-order valence-corrected chi connectivity index (χ0v) is 21.5. The number of halogens is 1. The summed E-state index contributed by atoms with van der Waals surface area (Å²) < 4.78 is 30.3. The minimum absolute atomic E-state index is 0.117. The summed E-state index contributed by atoms with van der Waals surface area (Å²) in [6.45, 7) is 5.08. The molecule has 3 heterocycles. The number of primary amides is 1. The summed E-state index contributed by atoms with van der Waals surface area (Å²) in [6.07, 6.45) is 1.20. The van der Waals surface area contributed by atoms with Crippen LogP contribution < -0.4 is 15.8 Å². The van der Waals surface area contributed by atoms with Gasteiger partial charge in [-0.1, -0.05) is 25.1 Å². The Hall–Kier alpha value is -4.23. The lowest BCUT2D eigenvalue weighted by atomic mass is 10.1. The van der Waals surface area contributed by atoms with Gasteiger partial charge in [0, 0.05) is 11.5 Å². The number of aliphatic hydroxyl groups is 1. The van der Waals surface area contributed by atoms with Crippen molar-refractivity contribution >= 4 is 23.3 Å². The molecule has 0 unspecified atom stereocenters. The summed E-state index contributed by atoms with van der Waals surface area (Å²) in [5, 5.41) is 15.3. The van der Waals surface area contributed by atoms with Crippen LogP contribution in [0.1, 0.15) is 53.9 Å². The molecule has 0 aliphatic carbocycles. The highest BCUT2D eigenvalue weighted by Gasteiger charge is 2.21. The molecule has 2 atom stereocenters. The highest BCUT2D eigenvalue weighted by atomic mass is 32.1. The van der Waals surface area contributed by atoms with Crippen LogP contribution >= 0.6 is 11.5 Å². The summed E-state index contributed by atoms with van der Waals surface area (Å²) in [5.41, 5.74) is 6.31. The highest BCUT2D eigenvalue weighted by molar-refractivity contribution is 7.06. The maximum absolute atomic E-state index is 14.7. The van der Waals surface area contributed by atoms with Crippen LogP contribution in [-0.4, -0.2) is 49.1 Å². The van der Waals surface area contributed by atoms with E-state index >= 15 is 0 Å². The predicted molar refractivity (Wildman–Crippen MR) is 136 cm³/mol. The topological polar surface area (TPSA) is 166 Å². The average Bonchev–Trinajstić information content (AvgIpc) is 3.58. The van der Waals surface area contributed by atoms with E-state index < -0.39 is 30.3 Å². The van der Waals surface area contributed by atoms with Crippen molar-refractivity contribution in [2.45, 2.75) is 38.8 Å². The van der Waals surface area contributed by atoms with Crippen LogP contribution in [0.4, 0.5) is 4.39 Å². The Morgan fingerprint density at radius 1 is 1.18 bits per heavy atom. The minimum Gasteiger partial charge on any atom is -0.484 e. The molecular weight excluding hydrogens is 515 g/mol. The van der Waals surface area contributed by atoms with E-state index in [4.69, 9.17) is 20.1 Å². The number of aliphatic hydroxyl groups excluding tert-OH is 1. The molecule has 11 nitrogen and oxygen atoms in total. The zero-order valence-electron chi connectivity index (χ0n) is 20.7. The third-order valence-electron chi connectivity index (χ3n) is 5.48. The molecule has 0 spiro atoms. The normalized spacial score (nSPS) is 12.8. The van der Waals surface area contributed by atoms with Crippen LogP contribution in [0.5, 0.6) is 5.75 Å². The first-order valence-corrected chi connectivity index (χ1v) is 12.4. The number of nitrogens with two attached hydrogens (primary N) is 1. The van der Waals surface area contributed by atoms with Crippen molar-refractivity contribution in [3.63, 3.8) is 0 Å². The molecule has 0 aliphatic heterocycles. The van der Waals surface area contributed by atoms with Crippen LogP contribution in [0.3, 0.4) is 0 Å².